The summed E-state index contributed by atoms with van der Waals surface area (Å²) >= 11 is 0. The van der Waals surface area contributed by atoms with E-state index in [1.54, 1.807) is 5.56 Å². The van der Waals surface area contributed by atoms with Gasteiger partial charge in [-0.2, -0.15) is 0 Å². The molecule has 0 heterocycles. The summed E-state index contributed by atoms with van der Waals surface area (Å²) in [6.45, 7) is 7.08. The Balaban J connectivity index is 1.52. The van der Waals surface area contributed by atoms with Crippen molar-refractivity contribution in [3.05, 3.63) is 35.4 Å². The minimum absolute atomic E-state index is 0.766. The summed E-state index contributed by atoms with van der Waals surface area (Å²) in [5.41, 5.74) is 3.04. The molecule has 3 unspecified atom stereocenters. The van der Waals surface area contributed by atoms with Crippen molar-refractivity contribution >= 4 is 0 Å². The lowest BCUT2D eigenvalue weighted by atomic mass is 9.74. The fraction of sp³-hybridized carbons (Fsp3) is 0.667. The van der Waals surface area contributed by atoms with Crippen molar-refractivity contribution in [1.82, 2.24) is 5.32 Å². The molecule has 0 bridgehead atoms. The van der Waals surface area contributed by atoms with Gasteiger partial charge in [0.1, 0.15) is 0 Å². The Labute approximate surface area is 117 Å². The van der Waals surface area contributed by atoms with Crippen LogP contribution in [0.2, 0.25) is 0 Å². The number of hydrogen-bond donors (Lipinski definition) is 1. The molecule has 2 aliphatic carbocycles. The number of hydrogen-bond acceptors (Lipinski definition) is 1. The number of aryl methyl sites for hydroxylation is 1. The average molecular weight is 257 g/mol. The molecule has 2 fully saturated rings. The van der Waals surface area contributed by atoms with Gasteiger partial charge < -0.3 is 5.32 Å². The summed E-state index contributed by atoms with van der Waals surface area (Å²) in [4.78, 5) is 0. The van der Waals surface area contributed by atoms with Crippen molar-refractivity contribution in [1.29, 1.82) is 0 Å². The molecule has 0 spiro atoms. The van der Waals surface area contributed by atoms with Crippen molar-refractivity contribution in [2.45, 2.75) is 64.5 Å². The summed E-state index contributed by atoms with van der Waals surface area (Å²) in [6, 6.07) is 10.4. The molecule has 1 aromatic carbocycles. The summed E-state index contributed by atoms with van der Waals surface area (Å²) in [7, 11) is 0. The highest BCUT2D eigenvalue weighted by Crippen LogP contribution is 2.40. The van der Waals surface area contributed by atoms with Crippen LogP contribution < -0.4 is 5.32 Å². The third-order valence-electron chi connectivity index (χ3n) is 5.68. The Hall–Kier alpha value is -0.820. The number of nitrogens with one attached hydrogen (secondary N) is 1. The second-order valence-electron chi connectivity index (χ2n) is 6.91. The highest BCUT2D eigenvalue weighted by molar-refractivity contribution is 5.31. The first kappa shape index (κ1) is 13.2. The molecule has 0 aromatic heterocycles. The van der Waals surface area contributed by atoms with E-state index >= 15 is 0 Å². The lowest BCUT2D eigenvalue weighted by molar-refractivity contribution is 0.239. The molecule has 1 N–H and O–H groups in total. The van der Waals surface area contributed by atoms with Crippen molar-refractivity contribution in [3.8, 4) is 0 Å². The molecular weight excluding hydrogens is 230 g/mol. The van der Waals surface area contributed by atoms with Crippen LogP contribution in [0.1, 0.15) is 56.6 Å². The first-order chi connectivity index (χ1) is 9.15. The molecule has 2 saturated carbocycles. The van der Waals surface area contributed by atoms with Crippen molar-refractivity contribution in [2.75, 3.05) is 0 Å². The van der Waals surface area contributed by atoms with E-state index in [1.165, 1.54) is 31.2 Å². The molecule has 0 saturated heterocycles. The highest BCUT2D eigenvalue weighted by atomic mass is 15.0. The van der Waals surface area contributed by atoms with Crippen LogP contribution in [-0.2, 0) is 0 Å². The van der Waals surface area contributed by atoms with Gasteiger partial charge in [-0.25, -0.2) is 0 Å². The minimum Gasteiger partial charge on any atom is -0.311 e. The maximum absolute atomic E-state index is 3.91. The molecule has 1 nitrogen and oxygen atoms in total. The zero-order valence-corrected chi connectivity index (χ0v) is 12.5. The van der Waals surface area contributed by atoms with Crippen LogP contribution in [0.3, 0.4) is 0 Å². The fourth-order valence-corrected chi connectivity index (χ4v) is 3.96. The molecule has 19 heavy (non-hydrogen) atoms. The van der Waals surface area contributed by atoms with Crippen LogP contribution in [0.4, 0.5) is 0 Å². The Morgan fingerprint density at radius 1 is 1.05 bits per heavy atom. The van der Waals surface area contributed by atoms with E-state index in [9.17, 15) is 0 Å². The third-order valence-corrected chi connectivity index (χ3v) is 5.68. The van der Waals surface area contributed by atoms with Gasteiger partial charge in [0.2, 0.25) is 0 Å². The summed E-state index contributed by atoms with van der Waals surface area (Å²) < 4.78 is 0. The number of rotatable bonds is 3. The van der Waals surface area contributed by atoms with Gasteiger partial charge in [0.15, 0.2) is 0 Å². The second kappa shape index (κ2) is 5.28. The van der Waals surface area contributed by atoms with Gasteiger partial charge in [-0.3, -0.25) is 0 Å². The molecule has 3 atom stereocenters. The Kier molecular flexibility index (Phi) is 3.66. The average Bonchev–Trinajstić information content (AvgIpc) is 2.66. The van der Waals surface area contributed by atoms with Crippen molar-refractivity contribution in [2.24, 2.45) is 11.8 Å². The number of benzene rings is 1. The van der Waals surface area contributed by atoms with E-state index < -0.39 is 0 Å². The second-order valence-corrected chi connectivity index (χ2v) is 6.91. The molecular formula is C18H27N. The SMILES string of the molecule is Cc1ccccc1C1CC(NC2CCC(C)C2C)C1. The van der Waals surface area contributed by atoms with Crippen molar-refractivity contribution in [3.63, 3.8) is 0 Å². The van der Waals surface area contributed by atoms with Crippen LogP contribution in [0.25, 0.3) is 0 Å². The monoisotopic (exact) mass is 257 g/mol. The quantitative estimate of drug-likeness (QED) is 0.853. The molecule has 1 aromatic rings. The van der Waals surface area contributed by atoms with Gasteiger partial charge in [0.05, 0.1) is 0 Å². The molecule has 3 rings (SSSR count). The predicted molar refractivity (Wildman–Crippen MR) is 81.4 cm³/mol. The topological polar surface area (TPSA) is 12.0 Å². The van der Waals surface area contributed by atoms with Crippen LogP contribution in [0.15, 0.2) is 24.3 Å². The van der Waals surface area contributed by atoms with E-state index in [-0.39, 0.29) is 0 Å². The van der Waals surface area contributed by atoms with Gasteiger partial charge >= 0.3 is 0 Å². The zero-order chi connectivity index (χ0) is 13.4. The molecule has 2 aliphatic rings. The smallest absolute Gasteiger partial charge is 0.00979 e. The molecule has 0 amide bonds. The summed E-state index contributed by atoms with van der Waals surface area (Å²) in [5.74, 6) is 2.56. The Bertz CT molecular complexity index is 433. The largest absolute Gasteiger partial charge is 0.311 e. The summed E-state index contributed by atoms with van der Waals surface area (Å²) in [5, 5.41) is 3.91. The standard InChI is InChI=1S/C18H27N/c1-12-8-9-18(14(12)3)19-16-10-15(11-16)17-7-5-4-6-13(17)2/h4-7,12,14-16,18-19H,8-11H2,1-3H3. The normalized spacial score (nSPS) is 38.2. The minimum atomic E-state index is 0.766. The van der Waals surface area contributed by atoms with Gasteiger partial charge in [-0.05, 0) is 61.5 Å². The first-order valence-electron chi connectivity index (χ1n) is 7.96. The van der Waals surface area contributed by atoms with E-state index in [0.717, 1.165) is 29.8 Å². The van der Waals surface area contributed by atoms with Gasteiger partial charge in [0.25, 0.3) is 0 Å². The van der Waals surface area contributed by atoms with Gasteiger partial charge in [0, 0.05) is 12.1 Å². The van der Waals surface area contributed by atoms with E-state index in [2.05, 4.69) is 50.4 Å². The predicted octanol–water partition coefficient (Wildman–Crippen LogP) is 4.27. The first-order valence-corrected chi connectivity index (χ1v) is 7.96. The van der Waals surface area contributed by atoms with Crippen LogP contribution in [0.5, 0.6) is 0 Å². The molecule has 104 valence electrons. The lowest BCUT2D eigenvalue weighted by Gasteiger charge is -2.39. The molecule has 1 heteroatoms. The lowest BCUT2D eigenvalue weighted by Crippen LogP contribution is -2.46. The molecule has 0 aliphatic heterocycles. The van der Waals surface area contributed by atoms with Crippen LogP contribution in [0, 0.1) is 18.8 Å². The van der Waals surface area contributed by atoms with Gasteiger partial charge in [-0.1, -0.05) is 38.1 Å². The van der Waals surface area contributed by atoms with E-state index in [0.29, 0.717) is 0 Å². The van der Waals surface area contributed by atoms with Crippen LogP contribution in [-0.4, -0.2) is 12.1 Å². The maximum Gasteiger partial charge on any atom is 0.00979 e. The summed E-state index contributed by atoms with van der Waals surface area (Å²) in [6.07, 6.45) is 5.46. The van der Waals surface area contributed by atoms with Gasteiger partial charge in [-0.15, -0.1) is 0 Å². The Morgan fingerprint density at radius 3 is 2.42 bits per heavy atom. The van der Waals surface area contributed by atoms with E-state index in [1.807, 2.05) is 0 Å². The maximum atomic E-state index is 3.91. The zero-order valence-electron chi connectivity index (χ0n) is 12.5. The Morgan fingerprint density at radius 2 is 1.79 bits per heavy atom. The van der Waals surface area contributed by atoms with E-state index in [4.69, 9.17) is 0 Å². The fourth-order valence-electron chi connectivity index (χ4n) is 3.96. The van der Waals surface area contributed by atoms with Crippen LogP contribution >= 0.6 is 0 Å². The molecule has 0 radical (unpaired) electrons. The van der Waals surface area contributed by atoms with Crippen molar-refractivity contribution < 1.29 is 0 Å². The highest BCUT2D eigenvalue weighted by Gasteiger charge is 2.36. The third kappa shape index (κ3) is 2.58.